The summed E-state index contributed by atoms with van der Waals surface area (Å²) >= 11 is 1.75. The summed E-state index contributed by atoms with van der Waals surface area (Å²) in [7, 11) is 0. The molecule has 0 aliphatic carbocycles. The van der Waals surface area contributed by atoms with Crippen molar-refractivity contribution in [2.24, 2.45) is 5.92 Å². The van der Waals surface area contributed by atoms with Crippen LogP contribution in [-0.4, -0.2) is 28.9 Å². The third-order valence-corrected chi connectivity index (χ3v) is 4.51. The zero-order chi connectivity index (χ0) is 13.0. The van der Waals surface area contributed by atoms with Crippen molar-refractivity contribution >= 4 is 17.7 Å². The van der Waals surface area contributed by atoms with Gasteiger partial charge in [0.25, 0.3) is 0 Å². The Bertz CT molecular complexity index is 417. The van der Waals surface area contributed by atoms with Crippen LogP contribution in [0, 0.1) is 5.92 Å². The highest BCUT2D eigenvalue weighted by Gasteiger charge is 2.19. The fourth-order valence-electron chi connectivity index (χ4n) is 2.18. The first-order valence-electron chi connectivity index (χ1n) is 6.59. The van der Waals surface area contributed by atoms with Crippen molar-refractivity contribution in [2.75, 3.05) is 18.1 Å². The van der Waals surface area contributed by atoms with Crippen LogP contribution < -0.4 is 0 Å². The minimum atomic E-state index is 0.287. The van der Waals surface area contributed by atoms with Gasteiger partial charge >= 0.3 is 0 Å². The molecule has 1 aromatic carbocycles. The molecule has 0 radical (unpaired) electrons. The lowest BCUT2D eigenvalue weighted by atomic mass is 10.00. The number of amides is 1. The maximum absolute atomic E-state index is 12.1. The molecule has 0 bridgehead atoms. The molecule has 0 saturated carbocycles. The molecule has 1 aliphatic heterocycles. The van der Waals surface area contributed by atoms with E-state index in [2.05, 4.69) is 38.1 Å². The number of rotatable bonds is 4. The monoisotopic (exact) mass is 263 g/mol. The van der Waals surface area contributed by atoms with E-state index in [-0.39, 0.29) is 5.91 Å². The van der Waals surface area contributed by atoms with Gasteiger partial charge in [-0.05, 0) is 29.2 Å². The molecule has 0 saturated heterocycles. The van der Waals surface area contributed by atoms with Crippen LogP contribution in [0.3, 0.4) is 0 Å². The number of hydrogen-bond donors (Lipinski definition) is 0. The molecular weight excluding hydrogens is 242 g/mol. The molecule has 1 heterocycles. The smallest absolute Gasteiger partial charge is 0.232 e. The Morgan fingerprint density at radius 3 is 2.78 bits per heavy atom. The Morgan fingerprint density at radius 1 is 1.33 bits per heavy atom. The van der Waals surface area contributed by atoms with Gasteiger partial charge < -0.3 is 4.90 Å². The van der Waals surface area contributed by atoms with E-state index in [1.54, 1.807) is 11.8 Å². The molecule has 2 rings (SSSR count). The van der Waals surface area contributed by atoms with Crippen molar-refractivity contribution < 1.29 is 4.79 Å². The number of thioether (sulfide) groups is 1. The maximum Gasteiger partial charge on any atom is 0.232 e. The van der Waals surface area contributed by atoms with Crippen LogP contribution in [0.25, 0.3) is 0 Å². The third-order valence-electron chi connectivity index (χ3n) is 3.16. The third kappa shape index (κ3) is 3.52. The molecule has 1 aromatic rings. The minimum absolute atomic E-state index is 0.287. The zero-order valence-electron chi connectivity index (χ0n) is 11.2. The van der Waals surface area contributed by atoms with Gasteiger partial charge in [-0.1, -0.05) is 38.1 Å². The van der Waals surface area contributed by atoms with Gasteiger partial charge in [-0.3, -0.25) is 4.79 Å². The van der Waals surface area contributed by atoms with Gasteiger partial charge in [0.05, 0.1) is 5.75 Å². The Kier molecular flexibility index (Phi) is 4.70. The van der Waals surface area contributed by atoms with Crippen LogP contribution >= 0.6 is 11.8 Å². The first-order valence-corrected chi connectivity index (χ1v) is 7.74. The highest BCUT2D eigenvalue weighted by Crippen LogP contribution is 2.19. The number of carbonyl (C=O) groups excluding carboxylic acids is 1. The van der Waals surface area contributed by atoms with Crippen LogP contribution in [0.4, 0.5) is 0 Å². The largest absolute Gasteiger partial charge is 0.337 e. The molecule has 0 aromatic heterocycles. The van der Waals surface area contributed by atoms with Gasteiger partial charge in [0.1, 0.15) is 0 Å². The van der Waals surface area contributed by atoms with Gasteiger partial charge in [-0.15, -0.1) is 0 Å². The number of nitrogens with zero attached hydrogens (tertiary/aromatic N) is 1. The molecule has 0 spiro atoms. The van der Waals surface area contributed by atoms with Crippen molar-refractivity contribution in [1.82, 2.24) is 4.90 Å². The van der Waals surface area contributed by atoms with E-state index < -0.39 is 0 Å². The number of carbonyl (C=O) groups is 1. The lowest BCUT2D eigenvalue weighted by molar-refractivity contribution is -0.129. The van der Waals surface area contributed by atoms with Gasteiger partial charge in [-0.25, -0.2) is 0 Å². The van der Waals surface area contributed by atoms with E-state index in [0.29, 0.717) is 11.7 Å². The fraction of sp³-hybridized carbons (Fsp3) is 0.533. The van der Waals surface area contributed by atoms with E-state index >= 15 is 0 Å². The molecule has 2 nitrogen and oxygen atoms in total. The average Bonchev–Trinajstić information content (AvgIpc) is 2.37. The number of fused-ring (bicyclic) bond motifs is 1. The number of hydrogen-bond acceptors (Lipinski definition) is 2. The lowest BCUT2D eigenvalue weighted by Gasteiger charge is -2.28. The van der Waals surface area contributed by atoms with E-state index in [0.717, 1.165) is 25.3 Å². The summed E-state index contributed by atoms with van der Waals surface area (Å²) in [5.74, 6) is 2.64. The summed E-state index contributed by atoms with van der Waals surface area (Å²) in [4.78, 5) is 14.1. The molecule has 0 atom stereocenters. The zero-order valence-corrected chi connectivity index (χ0v) is 12.0. The van der Waals surface area contributed by atoms with Crippen molar-refractivity contribution in [2.45, 2.75) is 26.8 Å². The molecule has 0 N–H and O–H groups in total. The Hall–Kier alpha value is -0.960. The molecule has 0 unspecified atom stereocenters. The summed E-state index contributed by atoms with van der Waals surface area (Å²) < 4.78 is 0. The Morgan fingerprint density at radius 2 is 2.06 bits per heavy atom. The first kappa shape index (κ1) is 13.5. The van der Waals surface area contributed by atoms with Gasteiger partial charge in [0.2, 0.25) is 5.91 Å². The summed E-state index contributed by atoms with van der Waals surface area (Å²) in [5, 5.41) is 0. The highest BCUT2D eigenvalue weighted by molar-refractivity contribution is 7.99. The fourth-order valence-corrected chi connectivity index (χ4v) is 3.13. The van der Waals surface area contributed by atoms with Crippen molar-refractivity contribution in [3.05, 3.63) is 35.4 Å². The molecule has 1 amide bonds. The Labute approximate surface area is 114 Å². The second kappa shape index (κ2) is 6.28. The SMILES string of the molecule is CC(C)CSCC(=O)N1CCc2ccccc2C1. The van der Waals surface area contributed by atoms with Gasteiger partial charge in [0, 0.05) is 13.1 Å². The first-order chi connectivity index (χ1) is 8.66. The quantitative estimate of drug-likeness (QED) is 0.832. The molecule has 0 fully saturated rings. The molecule has 1 aliphatic rings. The normalized spacial score (nSPS) is 14.7. The highest BCUT2D eigenvalue weighted by atomic mass is 32.2. The van der Waals surface area contributed by atoms with E-state index in [1.807, 2.05) is 4.90 Å². The molecule has 98 valence electrons. The molecule has 18 heavy (non-hydrogen) atoms. The average molecular weight is 263 g/mol. The summed E-state index contributed by atoms with van der Waals surface area (Å²) in [5.41, 5.74) is 2.71. The van der Waals surface area contributed by atoms with Crippen molar-refractivity contribution in [1.29, 1.82) is 0 Å². The summed E-state index contributed by atoms with van der Waals surface area (Å²) in [6.45, 7) is 6.04. The topological polar surface area (TPSA) is 20.3 Å². The van der Waals surface area contributed by atoms with E-state index in [1.165, 1.54) is 11.1 Å². The number of benzene rings is 1. The lowest BCUT2D eigenvalue weighted by Crippen LogP contribution is -2.37. The van der Waals surface area contributed by atoms with Crippen LogP contribution in [-0.2, 0) is 17.8 Å². The van der Waals surface area contributed by atoms with Crippen molar-refractivity contribution in [3.8, 4) is 0 Å². The second-order valence-electron chi connectivity index (χ2n) is 5.24. The predicted molar refractivity (Wildman–Crippen MR) is 77.7 cm³/mol. The van der Waals surface area contributed by atoms with Crippen LogP contribution in [0.15, 0.2) is 24.3 Å². The van der Waals surface area contributed by atoms with E-state index in [4.69, 9.17) is 0 Å². The van der Waals surface area contributed by atoms with Crippen LogP contribution in [0.5, 0.6) is 0 Å². The molecular formula is C15H21NOS. The minimum Gasteiger partial charge on any atom is -0.337 e. The van der Waals surface area contributed by atoms with Crippen LogP contribution in [0.2, 0.25) is 0 Å². The Balaban J connectivity index is 1.87. The van der Waals surface area contributed by atoms with Crippen molar-refractivity contribution in [3.63, 3.8) is 0 Å². The van der Waals surface area contributed by atoms with Gasteiger partial charge in [-0.2, -0.15) is 11.8 Å². The summed E-state index contributed by atoms with van der Waals surface area (Å²) in [6, 6.07) is 8.44. The maximum atomic E-state index is 12.1. The van der Waals surface area contributed by atoms with Gasteiger partial charge in [0.15, 0.2) is 0 Å². The second-order valence-corrected chi connectivity index (χ2v) is 6.27. The predicted octanol–water partition coefficient (Wildman–Crippen LogP) is 2.96. The molecule has 3 heteroatoms. The standard InChI is InChI=1S/C15H21NOS/c1-12(2)10-18-11-15(17)16-8-7-13-5-3-4-6-14(13)9-16/h3-6,12H,7-11H2,1-2H3. The van der Waals surface area contributed by atoms with E-state index in [9.17, 15) is 4.79 Å². The van der Waals surface area contributed by atoms with Crippen LogP contribution in [0.1, 0.15) is 25.0 Å². The summed E-state index contributed by atoms with van der Waals surface area (Å²) in [6.07, 6.45) is 0.997.